The van der Waals surface area contributed by atoms with E-state index in [0.717, 1.165) is 0 Å². The molecule has 0 spiro atoms. The maximum Gasteiger partial charge on any atom is 0.293 e. The molecule has 0 aromatic heterocycles. The van der Waals surface area contributed by atoms with Crippen molar-refractivity contribution in [1.82, 2.24) is 0 Å². The summed E-state index contributed by atoms with van der Waals surface area (Å²) in [4.78, 5) is 9.28. The van der Waals surface area contributed by atoms with Gasteiger partial charge in [0.05, 0.1) is 0 Å². The second kappa shape index (κ2) is 4.56. The SMILES string of the molecule is O=COCC=S. The highest BCUT2D eigenvalue weighted by Gasteiger charge is 1.67. The summed E-state index contributed by atoms with van der Waals surface area (Å²) in [5.41, 5.74) is 0. The van der Waals surface area contributed by atoms with Crippen molar-refractivity contribution in [3.63, 3.8) is 0 Å². The quantitative estimate of drug-likeness (QED) is 0.290. The Hall–Kier alpha value is -0.440. The minimum atomic E-state index is 0.235. The highest BCUT2D eigenvalue weighted by Crippen LogP contribution is 1.57. The van der Waals surface area contributed by atoms with Gasteiger partial charge >= 0.3 is 0 Å². The predicted molar refractivity (Wildman–Crippen MR) is 25.7 cm³/mol. The molecule has 0 aromatic rings. The molecule has 0 amide bonds. The van der Waals surface area contributed by atoms with Crippen molar-refractivity contribution in [2.45, 2.75) is 0 Å². The van der Waals surface area contributed by atoms with E-state index >= 15 is 0 Å². The lowest BCUT2D eigenvalue weighted by molar-refractivity contribution is -0.127. The standard InChI is InChI=1S/C3H4O2S/c4-3-5-1-2-6/h2-3H,1H2. The molecular formula is C3H4O2S. The molecule has 0 fully saturated rings. The van der Waals surface area contributed by atoms with E-state index in [2.05, 4.69) is 17.0 Å². The number of carbonyl (C=O) groups excluding carboxylic acids is 1. The molecule has 0 atom stereocenters. The van der Waals surface area contributed by atoms with Gasteiger partial charge in [0.1, 0.15) is 6.61 Å². The predicted octanol–water partition coefficient (Wildman–Crippen LogP) is 0.159. The Morgan fingerprint density at radius 1 is 1.83 bits per heavy atom. The molecule has 0 heterocycles. The van der Waals surface area contributed by atoms with Crippen molar-refractivity contribution in [1.29, 1.82) is 0 Å². The molecule has 0 unspecified atom stereocenters. The molecule has 0 rings (SSSR count). The maximum atomic E-state index is 9.28. The first-order valence-electron chi connectivity index (χ1n) is 1.40. The zero-order chi connectivity index (χ0) is 4.83. The van der Waals surface area contributed by atoms with Crippen LogP contribution in [0.25, 0.3) is 0 Å². The van der Waals surface area contributed by atoms with E-state index < -0.39 is 0 Å². The summed E-state index contributed by atoms with van der Waals surface area (Å²) in [6.45, 7) is 0.599. The van der Waals surface area contributed by atoms with Crippen LogP contribution in [0, 0.1) is 0 Å². The molecule has 6 heavy (non-hydrogen) atoms. The lowest BCUT2D eigenvalue weighted by Crippen LogP contribution is -1.88. The van der Waals surface area contributed by atoms with Gasteiger partial charge in [0.2, 0.25) is 0 Å². The van der Waals surface area contributed by atoms with Gasteiger partial charge in [-0.3, -0.25) is 4.79 Å². The summed E-state index contributed by atoms with van der Waals surface area (Å²) < 4.78 is 4.14. The second-order valence-electron chi connectivity index (χ2n) is 0.596. The molecule has 3 heteroatoms. The van der Waals surface area contributed by atoms with Gasteiger partial charge in [0.15, 0.2) is 0 Å². The molecule has 0 aromatic carbocycles. The molecule has 0 radical (unpaired) electrons. The summed E-state index contributed by atoms with van der Waals surface area (Å²) in [6.07, 6.45) is 0. The average Bonchev–Trinajstić information content (AvgIpc) is 1.61. The fourth-order valence-corrected chi connectivity index (χ4v) is 0.157. The van der Waals surface area contributed by atoms with Gasteiger partial charge in [-0.25, -0.2) is 0 Å². The third kappa shape index (κ3) is 3.56. The fraction of sp³-hybridized carbons (Fsp3) is 0.333. The Morgan fingerprint density at radius 3 is 2.67 bits per heavy atom. The molecule has 0 N–H and O–H groups in total. The lowest BCUT2D eigenvalue weighted by Gasteiger charge is -1.81. The topological polar surface area (TPSA) is 26.3 Å². The molecule has 0 aliphatic rings. The van der Waals surface area contributed by atoms with Crippen LogP contribution in [0.3, 0.4) is 0 Å². The molecular weight excluding hydrogens is 100 g/mol. The molecule has 0 aliphatic carbocycles. The van der Waals surface area contributed by atoms with E-state index in [0.29, 0.717) is 6.47 Å². The van der Waals surface area contributed by atoms with Crippen molar-refractivity contribution in [2.24, 2.45) is 0 Å². The van der Waals surface area contributed by atoms with Crippen molar-refractivity contribution in [3.8, 4) is 0 Å². The van der Waals surface area contributed by atoms with Crippen LogP contribution in [0.4, 0.5) is 0 Å². The van der Waals surface area contributed by atoms with Gasteiger partial charge < -0.3 is 4.74 Å². The van der Waals surface area contributed by atoms with E-state index in [4.69, 9.17) is 0 Å². The molecule has 0 aliphatic heterocycles. The third-order valence-corrected chi connectivity index (χ3v) is 0.368. The first-order chi connectivity index (χ1) is 2.91. The zero-order valence-electron chi connectivity index (χ0n) is 3.09. The van der Waals surface area contributed by atoms with Crippen molar-refractivity contribution < 1.29 is 9.53 Å². The molecule has 0 saturated heterocycles. The molecule has 34 valence electrons. The van der Waals surface area contributed by atoms with E-state index in [1.54, 1.807) is 0 Å². The van der Waals surface area contributed by atoms with Gasteiger partial charge in [0.25, 0.3) is 6.47 Å². The first kappa shape index (κ1) is 5.56. The Morgan fingerprint density at radius 2 is 2.50 bits per heavy atom. The Kier molecular flexibility index (Phi) is 4.23. The van der Waals surface area contributed by atoms with Crippen LogP contribution in [0.5, 0.6) is 0 Å². The largest absolute Gasteiger partial charge is 0.463 e. The van der Waals surface area contributed by atoms with E-state index in [1.807, 2.05) is 0 Å². The fourth-order valence-electron chi connectivity index (χ4n) is 0.0786. The van der Waals surface area contributed by atoms with Crippen LogP contribution >= 0.6 is 12.2 Å². The van der Waals surface area contributed by atoms with Crippen molar-refractivity contribution in [3.05, 3.63) is 0 Å². The van der Waals surface area contributed by atoms with Crippen LogP contribution in [0.2, 0.25) is 0 Å². The minimum absolute atomic E-state index is 0.235. The molecule has 0 bridgehead atoms. The van der Waals surface area contributed by atoms with E-state index in [-0.39, 0.29) is 6.61 Å². The summed E-state index contributed by atoms with van der Waals surface area (Å²) >= 11 is 4.31. The second-order valence-corrected chi connectivity index (χ2v) is 0.930. The highest BCUT2D eigenvalue weighted by atomic mass is 32.1. The number of ether oxygens (including phenoxy) is 1. The number of hydrogen-bond acceptors (Lipinski definition) is 3. The molecule has 0 saturated carbocycles. The summed E-state index contributed by atoms with van der Waals surface area (Å²) in [5, 5.41) is 1.34. The van der Waals surface area contributed by atoms with Gasteiger partial charge in [0, 0.05) is 5.37 Å². The first-order valence-corrected chi connectivity index (χ1v) is 1.88. The van der Waals surface area contributed by atoms with Gasteiger partial charge in [-0.15, -0.1) is 0 Å². The normalized spacial score (nSPS) is 6.67. The van der Waals surface area contributed by atoms with Crippen molar-refractivity contribution in [2.75, 3.05) is 6.61 Å². The zero-order valence-corrected chi connectivity index (χ0v) is 3.90. The van der Waals surface area contributed by atoms with E-state index in [9.17, 15) is 4.79 Å². The van der Waals surface area contributed by atoms with Gasteiger partial charge in [-0.2, -0.15) is 0 Å². The van der Waals surface area contributed by atoms with Crippen LogP contribution in [-0.4, -0.2) is 18.4 Å². The summed E-state index contributed by atoms with van der Waals surface area (Å²) in [6, 6.07) is 0. The third-order valence-electron chi connectivity index (χ3n) is 0.232. The van der Waals surface area contributed by atoms with Crippen LogP contribution < -0.4 is 0 Å². The van der Waals surface area contributed by atoms with Crippen molar-refractivity contribution >= 4 is 24.1 Å². The van der Waals surface area contributed by atoms with Gasteiger partial charge in [-0.1, -0.05) is 12.2 Å². The van der Waals surface area contributed by atoms with E-state index in [1.165, 1.54) is 5.37 Å². The summed E-state index contributed by atoms with van der Waals surface area (Å²) in [5.74, 6) is 0. The minimum Gasteiger partial charge on any atom is -0.463 e. The number of hydrogen-bond donors (Lipinski definition) is 0. The number of carbonyl (C=O) groups is 1. The smallest absolute Gasteiger partial charge is 0.293 e. The Balaban J connectivity index is 2.66. The average molecular weight is 104 g/mol. The van der Waals surface area contributed by atoms with Crippen LogP contribution in [-0.2, 0) is 9.53 Å². The highest BCUT2D eigenvalue weighted by molar-refractivity contribution is 7.79. The summed E-state index contributed by atoms with van der Waals surface area (Å²) in [7, 11) is 0. The number of rotatable bonds is 3. The lowest BCUT2D eigenvalue weighted by atomic mass is 10.9. The molecule has 2 nitrogen and oxygen atoms in total. The van der Waals surface area contributed by atoms with Gasteiger partial charge in [-0.05, 0) is 0 Å². The monoisotopic (exact) mass is 104 g/mol. The van der Waals surface area contributed by atoms with Crippen LogP contribution in [0.15, 0.2) is 0 Å². The Bertz CT molecular complexity index is 44.8. The maximum absolute atomic E-state index is 9.28. The van der Waals surface area contributed by atoms with Crippen LogP contribution in [0.1, 0.15) is 0 Å². The Labute approximate surface area is 41.1 Å². The number of thiocarbonyl (C=S) groups is 1.